The number of hydrogen-bond donors (Lipinski definition) is 3. The average Bonchev–Trinajstić information content (AvgIpc) is 3.46. The van der Waals surface area contributed by atoms with E-state index in [9.17, 15) is 19.2 Å². The Balaban J connectivity index is 1.55. The van der Waals surface area contributed by atoms with E-state index in [1.807, 2.05) is 12.3 Å². The van der Waals surface area contributed by atoms with E-state index in [0.29, 0.717) is 53.3 Å². The third kappa shape index (κ3) is 9.55. The fourth-order valence-electron chi connectivity index (χ4n) is 5.48. The fourth-order valence-corrected chi connectivity index (χ4v) is 6.46. The van der Waals surface area contributed by atoms with Gasteiger partial charge in [0.1, 0.15) is 17.0 Å². The zero-order valence-electron chi connectivity index (χ0n) is 30.2. The first kappa shape index (κ1) is 37.1. The van der Waals surface area contributed by atoms with Crippen molar-refractivity contribution in [2.75, 3.05) is 18.5 Å². The number of ether oxygens (including phenoxy) is 3. The number of alkyl carbamates (subject to hydrolysis) is 1. The lowest BCUT2D eigenvalue weighted by molar-refractivity contribution is 0.00699. The van der Waals surface area contributed by atoms with Gasteiger partial charge in [0, 0.05) is 46.8 Å². The number of nitrogens with one attached hydrogen (secondary N) is 3. The summed E-state index contributed by atoms with van der Waals surface area (Å²) in [4.78, 5) is 54.1. The molecule has 51 heavy (non-hydrogen) atoms. The van der Waals surface area contributed by atoms with E-state index in [1.165, 1.54) is 6.07 Å². The average molecular weight is 712 g/mol. The molecule has 4 aromatic rings. The maximum Gasteiger partial charge on any atom is 0.407 e. The van der Waals surface area contributed by atoms with E-state index in [1.54, 1.807) is 101 Å². The van der Waals surface area contributed by atoms with Crippen molar-refractivity contribution in [3.05, 3.63) is 93.9 Å². The Morgan fingerprint density at radius 1 is 0.784 bits per heavy atom. The molecule has 1 aliphatic heterocycles. The minimum atomic E-state index is -0.809. The van der Waals surface area contributed by atoms with Gasteiger partial charge in [-0.1, -0.05) is 25.1 Å². The molecule has 0 bridgehead atoms. The number of fused-ring (bicyclic) bond motifs is 3. The van der Waals surface area contributed by atoms with Crippen LogP contribution in [-0.4, -0.2) is 48.2 Å². The highest BCUT2D eigenvalue weighted by atomic mass is 32.1. The van der Waals surface area contributed by atoms with Gasteiger partial charge in [0.25, 0.3) is 11.8 Å². The lowest BCUT2D eigenvalue weighted by atomic mass is 9.90. The normalized spacial score (nSPS) is 12.4. The van der Waals surface area contributed by atoms with Crippen LogP contribution in [0.25, 0.3) is 21.6 Å². The quantitative estimate of drug-likeness (QED) is 0.149. The molecule has 0 atom stereocenters. The fraction of sp³-hybridized carbons (Fsp3) is 0.350. The number of carbonyl (C=O) groups excluding carboxylic acids is 4. The molecule has 0 radical (unpaired) electrons. The summed E-state index contributed by atoms with van der Waals surface area (Å²) in [5.41, 5.74) is 3.47. The van der Waals surface area contributed by atoms with Crippen molar-refractivity contribution in [3.8, 4) is 27.3 Å². The predicted octanol–water partition coefficient (Wildman–Crippen LogP) is 8.39. The Bertz CT molecular complexity index is 1930. The Morgan fingerprint density at radius 2 is 1.51 bits per heavy atom. The minimum Gasteiger partial charge on any atom is -0.493 e. The number of rotatable bonds is 9. The Labute approximate surface area is 302 Å². The second-order valence-electron chi connectivity index (χ2n) is 14.3. The van der Waals surface area contributed by atoms with Crippen LogP contribution in [0.3, 0.4) is 0 Å². The van der Waals surface area contributed by atoms with Crippen LogP contribution in [-0.2, 0) is 22.4 Å². The molecule has 1 aromatic heterocycles. The van der Waals surface area contributed by atoms with Crippen molar-refractivity contribution >= 4 is 40.9 Å². The van der Waals surface area contributed by atoms with Gasteiger partial charge in [-0.2, -0.15) is 0 Å². The van der Waals surface area contributed by atoms with Gasteiger partial charge < -0.3 is 30.2 Å². The molecular formula is C40H45N3O7S. The minimum absolute atomic E-state index is 0.148. The molecule has 11 heteroatoms. The molecule has 2 heterocycles. The molecule has 10 nitrogen and oxygen atoms in total. The highest BCUT2D eigenvalue weighted by Gasteiger charge is 2.28. The lowest BCUT2D eigenvalue weighted by Crippen LogP contribution is -2.32. The van der Waals surface area contributed by atoms with Crippen molar-refractivity contribution in [2.24, 2.45) is 0 Å². The molecule has 0 aliphatic carbocycles. The number of hydrogen-bond acceptors (Lipinski definition) is 8. The molecule has 1 aliphatic rings. The van der Waals surface area contributed by atoms with Crippen LogP contribution >= 0.6 is 11.3 Å². The molecule has 0 unspecified atom stereocenters. The molecular weight excluding hydrogens is 667 g/mol. The molecule has 0 saturated carbocycles. The van der Waals surface area contributed by atoms with E-state index in [2.05, 4.69) is 22.0 Å². The predicted molar refractivity (Wildman–Crippen MR) is 200 cm³/mol. The van der Waals surface area contributed by atoms with Crippen LogP contribution in [0, 0.1) is 0 Å². The van der Waals surface area contributed by atoms with Crippen molar-refractivity contribution in [3.63, 3.8) is 0 Å². The summed E-state index contributed by atoms with van der Waals surface area (Å²) in [6.45, 7) is 13.9. The summed E-state index contributed by atoms with van der Waals surface area (Å²) in [6, 6.07) is 17.6. The number of benzene rings is 3. The first-order chi connectivity index (χ1) is 24.1. The first-order valence-electron chi connectivity index (χ1n) is 17.0. The second-order valence-corrected chi connectivity index (χ2v) is 15.2. The smallest absolute Gasteiger partial charge is 0.407 e. The maximum atomic E-state index is 14.3. The van der Waals surface area contributed by atoms with Gasteiger partial charge >= 0.3 is 12.1 Å². The first-order valence-corrected chi connectivity index (χ1v) is 17.9. The van der Waals surface area contributed by atoms with Crippen LogP contribution < -0.4 is 20.7 Å². The molecule has 0 saturated heterocycles. The van der Waals surface area contributed by atoms with Crippen molar-refractivity contribution in [1.29, 1.82) is 0 Å². The highest BCUT2D eigenvalue weighted by Crippen LogP contribution is 2.43. The monoisotopic (exact) mass is 711 g/mol. The molecule has 5 rings (SSSR count). The zero-order chi connectivity index (χ0) is 36.9. The second kappa shape index (κ2) is 15.4. The number of thiophene rings is 1. The largest absolute Gasteiger partial charge is 0.493 e. The molecule has 3 aromatic carbocycles. The molecule has 268 valence electrons. The Morgan fingerprint density at radius 3 is 2.20 bits per heavy atom. The zero-order valence-corrected chi connectivity index (χ0v) is 31.0. The van der Waals surface area contributed by atoms with Gasteiger partial charge in [0.15, 0.2) is 0 Å². The molecule has 0 spiro atoms. The van der Waals surface area contributed by atoms with Gasteiger partial charge in [-0.3, -0.25) is 9.59 Å². The topological polar surface area (TPSA) is 132 Å². The lowest BCUT2D eigenvalue weighted by Gasteiger charge is -2.22. The summed E-state index contributed by atoms with van der Waals surface area (Å²) in [5.74, 6) is -0.758. The SMILES string of the molecule is CCCNC(=O)c1ccc(-c2cc3c(cc2C(=O)Nc2ccc(CNC(=O)OC(C)(C)C)cc2)-c2sccc2CCO3)c(C(=O)OC(C)(C)C)c1. The van der Waals surface area contributed by atoms with Gasteiger partial charge in [-0.15, -0.1) is 11.3 Å². The summed E-state index contributed by atoms with van der Waals surface area (Å²) in [5, 5.41) is 10.6. The van der Waals surface area contributed by atoms with E-state index in [-0.39, 0.29) is 18.0 Å². The van der Waals surface area contributed by atoms with Crippen molar-refractivity contribution in [1.82, 2.24) is 10.6 Å². The van der Waals surface area contributed by atoms with E-state index < -0.39 is 29.2 Å². The third-order valence-corrected chi connectivity index (χ3v) is 8.75. The Kier molecular flexibility index (Phi) is 11.2. The van der Waals surface area contributed by atoms with Gasteiger partial charge in [-0.25, -0.2) is 9.59 Å². The molecule has 3 N–H and O–H groups in total. The molecule has 0 fully saturated rings. The van der Waals surface area contributed by atoms with Crippen LogP contribution in [0.4, 0.5) is 10.5 Å². The number of amides is 3. The number of anilines is 1. The number of esters is 1. The number of carbonyl (C=O) groups is 4. The van der Waals surface area contributed by atoms with Crippen LogP contribution in [0.2, 0.25) is 0 Å². The van der Waals surface area contributed by atoms with Crippen LogP contribution in [0.5, 0.6) is 5.75 Å². The molecule has 3 amide bonds. The summed E-state index contributed by atoms with van der Waals surface area (Å²) >= 11 is 1.58. The summed E-state index contributed by atoms with van der Waals surface area (Å²) < 4.78 is 17.3. The van der Waals surface area contributed by atoms with Gasteiger partial charge in [-0.05, 0) is 118 Å². The van der Waals surface area contributed by atoms with Crippen molar-refractivity contribution < 1.29 is 33.4 Å². The highest BCUT2D eigenvalue weighted by molar-refractivity contribution is 7.13. The van der Waals surface area contributed by atoms with E-state index in [0.717, 1.165) is 28.0 Å². The van der Waals surface area contributed by atoms with Crippen LogP contribution in [0.1, 0.15) is 97.1 Å². The van der Waals surface area contributed by atoms with E-state index in [4.69, 9.17) is 14.2 Å². The maximum absolute atomic E-state index is 14.3. The van der Waals surface area contributed by atoms with Crippen LogP contribution in [0.15, 0.2) is 66.0 Å². The van der Waals surface area contributed by atoms with Crippen molar-refractivity contribution in [2.45, 2.75) is 79.1 Å². The standard InChI is InChI=1S/C40H45N3O7S/c1-8-17-41-35(44)26-11-14-28(31(20-26)37(46)49-39(2,3)4)29-22-33-32(34-25(15-18-48-33)16-19-51-34)21-30(29)36(45)43-27-12-9-24(10-13-27)23-42-38(47)50-40(5,6)7/h9-14,16,19-22H,8,15,17-18,23H2,1-7H3,(H,41,44)(H,42,47)(H,43,45). The van der Waals surface area contributed by atoms with Gasteiger partial charge in [0.05, 0.1) is 12.2 Å². The Hall–Kier alpha value is -5.16. The van der Waals surface area contributed by atoms with E-state index >= 15 is 0 Å². The van der Waals surface area contributed by atoms with Gasteiger partial charge in [0.2, 0.25) is 0 Å². The summed E-state index contributed by atoms with van der Waals surface area (Å²) in [6.07, 6.45) is 0.951. The summed E-state index contributed by atoms with van der Waals surface area (Å²) in [7, 11) is 0. The third-order valence-electron chi connectivity index (χ3n) is 7.76.